The third-order valence-corrected chi connectivity index (χ3v) is 5.64. The molecule has 1 fully saturated rings. The predicted molar refractivity (Wildman–Crippen MR) is 86.9 cm³/mol. The minimum Gasteiger partial charge on any atom is -0.369 e. The first kappa shape index (κ1) is 16.3. The Morgan fingerprint density at radius 3 is 2.43 bits per heavy atom. The number of anilines is 1. The summed E-state index contributed by atoms with van der Waals surface area (Å²) in [5.74, 6) is 0. The molecule has 0 bridgehead atoms. The van der Waals surface area contributed by atoms with Crippen molar-refractivity contribution in [3.63, 3.8) is 0 Å². The molecule has 0 aromatic heterocycles. The molecular formula is C15H25N3O2S. The van der Waals surface area contributed by atoms with Crippen LogP contribution in [0, 0.1) is 13.8 Å². The van der Waals surface area contributed by atoms with Crippen molar-refractivity contribution < 1.29 is 8.42 Å². The molecule has 21 heavy (non-hydrogen) atoms. The maximum Gasteiger partial charge on any atom is 0.279 e. The number of piperazine rings is 1. The van der Waals surface area contributed by atoms with E-state index in [0.717, 1.165) is 19.5 Å². The van der Waals surface area contributed by atoms with Crippen molar-refractivity contribution in [3.8, 4) is 0 Å². The third kappa shape index (κ3) is 3.75. The first-order valence-electron chi connectivity index (χ1n) is 7.51. The zero-order valence-corrected chi connectivity index (χ0v) is 13.9. The van der Waals surface area contributed by atoms with Crippen molar-refractivity contribution in [2.45, 2.75) is 27.2 Å². The van der Waals surface area contributed by atoms with Crippen LogP contribution in [-0.4, -0.2) is 45.4 Å². The SMILES string of the molecule is CCCNS(=O)(=O)N1CCN(c2cccc(C)c2C)CC1. The number of rotatable bonds is 5. The van der Waals surface area contributed by atoms with Gasteiger partial charge in [-0.25, -0.2) is 4.72 Å². The average molecular weight is 311 g/mol. The summed E-state index contributed by atoms with van der Waals surface area (Å²) < 4.78 is 28.4. The molecule has 6 heteroatoms. The lowest BCUT2D eigenvalue weighted by Gasteiger charge is -2.36. The predicted octanol–water partition coefficient (Wildman–Crippen LogP) is 1.67. The number of hydrogen-bond donors (Lipinski definition) is 1. The molecule has 0 saturated carbocycles. The van der Waals surface area contributed by atoms with Crippen LogP contribution in [0.4, 0.5) is 5.69 Å². The molecule has 0 aliphatic carbocycles. The van der Waals surface area contributed by atoms with Crippen LogP contribution in [0.3, 0.4) is 0 Å². The van der Waals surface area contributed by atoms with E-state index in [1.54, 1.807) is 4.31 Å². The summed E-state index contributed by atoms with van der Waals surface area (Å²) in [6.07, 6.45) is 0.807. The van der Waals surface area contributed by atoms with Gasteiger partial charge in [-0.2, -0.15) is 12.7 Å². The smallest absolute Gasteiger partial charge is 0.279 e. The minimum atomic E-state index is -3.31. The Morgan fingerprint density at radius 2 is 1.81 bits per heavy atom. The fraction of sp³-hybridized carbons (Fsp3) is 0.600. The lowest BCUT2D eigenvalue weighted by molar-refractivity contribution is 0.378. The van der Waals surface area contributed by atoms with Gasteiger partial charge in [0.1, 0.15) is 0 Å². The Labute approximate surface area is 128 Å². The van der Waals surface area contributed by atoms with Crippen LogP contribution >= 0.6 is 0 Å². The molecule has 1 aliphatic rings. The first-order chi connectivity index (χ1) is 9.95. The standard InChI is InChI=1S/C15H25N3O2S/c1-4-8-16-21(19,20)18-11-9-17(10-12-18)15-7-5-6-13(2)14(15)3/h5-7,16H,4,8-12H2,1-3H3. The summed E-state index contributed by atoms with van der Waals surface area (Å²) in [7, 11) is -3.31. The fourth-order valence-electron chi connectivity index (χ4n) is 2.57. The Morgan fingerprint density at radius 1 is 1.14 bits per heavy atom. The lowest BCUT2D eigenvalue weighted by Crippen LogP contribution is -2.52. The second-order valence-electron chi connectivity index (χ2n) is 5.50. The van der Waals surface area contributed by atoms with Crippen molar-refractivity contribution in [1.29, 1.82) is 0 Å². The molecule has 0 amide bonds. The average Bonchev–Trinajstić information content (AvgIpc) is 2.48. The van der Waals surface area contributed by atoms with E-state index in [-0.39, 0.29) is 0 Å². The van der Waals surface area contributed by atoms with Crippen LogP contribution in [0.25, 0.3) is 0 Å². The summed E-state index contributed by atoms with van der Waals surface area (Å²) in [6.45, 7) is 9.22. The molecule has 0 unspecified atom stereocenters. The lowest BCUT2D eigenvalue weighted by atomic mass is 10.1. The number of nitrogens with zero attached hydrogens (tertiary/aromatic N) is 2. The molecule has 1 aliphatic heterocycles. The second kappa shape index (κ2) is 6.77. The minimum absolute atomic E-state index is 0.500. The van der Waals surface area contributed by atoms with E-state index in [4.69, 9.17) is 0 Å². The summed E-state index contributed by atoms with van der Waals surface area (Å²) >= 11 is 0. The Kier molecular flexibility index (Phi) is 5.24. The van der Waals surface area contributed by atoms with Crippen LogP contribution in [0.2, 0.25) is 0 Å². The third-order valence-electron chi connectivity index (χ3n) is 4.03. The van der Waals surface area contributed by atoms with Crippen molar-refractivity contribution in [2.75, 3.05) is 37.6 Å². The van der Waals surface area contributed by atoms with Crippen molar-refractivity contribution in [1.82, 2.24) is 9.03 Å². The molecule has 1 aromatic carbocycles. The molecule has 2 rings (SSSR count). The van der Waals surface area contributed by atoms with Gasteiger partial charge in [-0.3, -0.25) is 0 Å². The van der Waals surface area contributed by atoms with Gasteiger partial charge in [0.15, 0.2) is 0 Å². The zero-order chi connectivity index (χ0) is 15.5. The Bertz CT molecular complexity index is 579. The molecular weight excluding hydrogens is 286 g/mol. The second-order valence-corrected chi connectivity index (χ2v) is 7.26. The van der Waals surface area contributed by atoms with Gasteiger partial charge in [0, 0.05) is 38.4 Å². The van der Waals surface area contributed by atoms with Gasteiger partial charge in [0.25, 0.3) is 10.2 Å². The van der Waals surface area contributed by atoms with Gasteiger partial charge in [0.2, 0.25) is 0 Å². The maximum absolute atomic E-state index is 12.1. The highest BCUT2D eigenvalue weighted by molar-refractivity contribution is 7.87. The molecule has 1 saturated heterocycles. The van der Waals surface area contributed by atoms with Gasteiger partial charge < -0.3 is 4.90 Å². The molecule has 5 nitrogen and oxygen atoms in total. The van der Waals surface area contributed by atoms with E-state index in [1.807, 2.05) is 6.92 Å². The van der Waals surface area contributed by atoms with Crippen LogP contribution in [0.5, 0.6) is 0 Å². The summed E-state index contributed by atoms with van der Waals surface area (Å²) in [5.41, 5.74) is 3.76. The van der Waals surface area contributed by atoms with Crippen LogP contribution in [0.15, 0.2) is 18.2 Å². The van der Waals surface area contributed by atoms with Gasteiger partial charge in [0.05, 0.1) is 0 Å². The summed E-state index contributed by atoms with van der Waals surface area (Å²) in [6, 6.07) is 6.28. The molecule has 118 valence electrons. The normalized spacial score (nSPS) is 17.2. The summed E-state index contributed by atoms with van der Waals surface area (Å²) in [4.78, 5) is 2.27. The quantitative estimate of drug-likeness (QED) is 0.900. The molecule has 0 spiro atoms. The monoisotopic (exact) mass is 311 g/mol. The molecule has 1 N–H and O–H groups in total. The number of aryl methyl sites for hydroxylation is 1. The Balaban J connectivity index is 2.02. The van der Waals surface area contributed by atoms with Gasteiger partial charge in [-0.05, 0) is 37.5 Å². The van der Waals surface area contributed by atoms with Crippen LogP contribution < -0.4 is 9.62 Å². The van der Waals surface area contributed by atoms with E-state index in [2.05, 4.69) is 41.7 Å². The number of hydrogen-bond acceptors (Lipinski definition) is 3. The van der Waals surface area contributed by atoms with E-state index in [1.165, 1.54) is 16.8 Å². The first-order valence-corrected chi connectivity index (χ1v) is 8.95. The fourth-order valence-corrected chi connectivity index (χ4v) is 3.86. The molecule has 1 aromatic rings. The van der Waals surface area contributed by atoms with E-state index in [9.17, 15) is 8.42 Å². The highest BCUT2D eigenvalue weighted by Gasteiger charge is 2.26. The van der Waals surface area contributed by atoms with Crippen LogP contribution in [-0.2, 0) is 10.2 Å². The molecule has 0 atom stereocenters. The highest BCUT2D eigenvalue weighted by Crippen LogP contribution is 2.24. The van der Waals surface area contributed by atoms with E-state index < -0.39 is 10.2 Å². The van der Waals surface area contributed by atoms with Gasteiger partial charge >= 0.3 is 0 Å². The topological polar surface area (TPSA) is 52.7 Å². The maximum atomic E-state index is 12.1. The van der Waals surface area contributed by atoms with E-state index >= 15 is 0 Å². The van der Waals surface area contributed by atoms with Crippen molar-refractivity contribution in [2.24, 2.45) is 0 Å². The van der Waals surface area contributed by atoms with Gasteiger partial charge in [-0.15, -0.1) is 0 Å². The zero-order valence-electron chi connectivity index (χ0n) is 13.1. The number of benzene rings is 1. The van der Waals surface area contributed by atoms with Crippen LogP contribution in [0.1, 0.15) is 24.5 Å². The molecule has 1 heterocycles. The van der Waals surface area contributed by atoms with Gasteiger partial charge in [-0.1, -0.05) is 19.1 Å². The highest BCUT2D eigenvalue weighted by atomic mass is 32.2. The van der Waals surface area contributed by atoms with Crippen molar-refractivity contribution in [3.05, 3.63) is 29.3 Å². The number of nitrogens with one attached hydrogen (secondary N) is 1. The summed E-state index contributed by atoms with van der Waals surface area (Å²) in [5, 5.41) is 0. The largest absolute Gasteiger partial charge is 0.369 e. The van der Waals surface area contributed by atoms with Crippen molar-refractivity contribution >= 4 is 15.9 Å². The van der Waals surface area contributed by atoms with E-state index in [0.29, 0.717) is 19.6 Å². The molecule has 0 radical (unpaired) electrons. The Hall–Kier alpha value is -1.11.